The molecule has 0 spiro atoms. The van der Waals surface area contributed by atoms with E-state index in [9.17, 15) is 0 Å². The molecular weight excluding hydrogens is 537 g/mol. The lowest BCUT2D eigenvalue weighted by Gasteiger charge is -2.63. The molecule has 14 atom stereocenters. The highest BCUT2D eigenvalue weighted by Crippen LogP contribution is 2.72. The lowest BCUT2D eigenvalue weighted by Crippen LogP contribution is -2.56. The third kappa shape index (κ3) is 4.12. The molecule has 10 aliphatic carbocycles. The molecule has 240 valence electrons. The molecule has 1 heteroatoms. The number of thioether (sulfide) groups is 1. The average Bonchev–Trinajstić information content (AvgIpc) is 3.88. The summed E-state index contributed by atoms with van der Waals surface area (Å²) in [6.45, 7) is 8.65. The van der Waals surface area contributed by atoms with Crippen LogP contribution in [0, 0.1) is 99.6 Å². The Morgan fingerprint density at radius 1 is 0.605 bits per heavy atom. The molecular formula is C42H66S. The lowest BCUT2D eigenvalue weighted by molar-refractivity contribution is -0.139. The molecule has 2 aliphatic heterocycles. The number of hydrogen-bond acceptors (Lipinski definition) is 1. The number of rotatable bonds is 8. The maximum Gasteiger partial charge on any atom is 0.00631 e. The monoisotopic (exact) mass is 602 g/mol. The number of hydrogen-bond donors (Lipinski definition) is 0. The molecule has 12 rings (SSSR count). The van der Waals surface area contributed by atoms with Gasteiger partial charge in [0.25, 0.3) is 0 Å². The first-order chi connectivity index (χ1) is 20.9. The summed E-state index contributed by atoms with van der Waals surface area (Å²) in [7, 11) is 0. The summed E-state index contributed by atoms with van der Waals surface area (Å²) >= 11 is 2.39. The minimum Gasteiger partial charge on any atom is -0.155 e. The van der Waals surface area contributed by atoms with Crippen LogP contribution in [0.2, 0.25) is 0 Å². The highest BCUT2D eigenvalue weighted by atomic mass is 32.2. The van der Waals surface area contributed by atoms with Crippen molar-refractivity contribution in [2.45, 2.75) is 160 Å². The molecule has 12 aliphatic rings. The van der Waals surface area contributed by atoms with Crippen molar-refractivity contribution in [1.29, 1.82) is 0 Å². The van der Waals surface area contributed by atoms with Gasteiger partial charge in [-0.15, -0.1) is 0 Å². The molecule has 0 aromatic heterocycles. The molecule has 43 heavy (non-hydrogen) atoms. The van der Waals surface area contributed by atoms with E-state index in [0.29, 0.717) is 0 Å². The van der Waals surface area contributed by atoms with E-state index in [1.165, 1.54) is 0 Å². The molecule has 0 aromatic carbocycles. The second-order valence-corrected chi connectivity index (χ2v) is 21.9. The second-order valence-electron chi connectivity index (χ2n) is 20.3. The quantitative estimate of drug-likeness (QED) is 0.266. The maximum absolute atomic E-state index is 2.98. The summed E-state index contributed by atoms with van der Waals surface area (Å²) in [6, 6.07) is 0. The summed E-state index contributed by atoms with van der Waals surface area (Å²) in [5, 5.41) is 2.08. The first kappa shape index (κ1) is 28.4. The Bertz CT molecular complexity index is 1040. The molecule has 2 heterocycles. The molecule has 0 nitrogen and oxygen atoms in total. The van der Waals surface area contributed by atoms with Crippen molar-refractivity contribution in [3.8, 4) is 0 Å². The minimum atomic E-state index is 0.728. The molecule has 10 bridgehead atoms. The van der Waals surface area contributed by atoms with Gasteiger partial charge in [-0.05, 0) is 222 Å². The van der Waals surface area contributed by atoms with E-state index < -0.39 is 0 Å². The van der Waals surface area contributed by atoms with Crippen molar-refractivity contribution in [3.05, 3.63) is 0 Å². The number of fused-ring (bicyclic) bond motifs is 11. The standard InChI is InChI=1S/C42H66S/c1-24-30-6-7-32(19-30)39(24)42-14-10-27(11-15-42)18-37(42)26(3)38(36-17-29-4-5-31(36)16-29)40(41-12-8-28(23-41)9-13-41)25(2)33-20-34-22-35(21-33)43-34/h24-40H,4-23H2,1-3H3/t24-,25-,26+,27?,28?,29?,30?,31?,32?,33?,34?,35?,36?,37?,38?,39?,40+,41?,42?/m0/s1. The van der Waals surface area contributed by atoms with Gasteiger partial charge in [0.15, 0.2) is 0 Å². The summed E-state index contributed by atoms with van der Waals surface area (Å²) in [4.78, 5) is 0. The van der Waals surface area contributed by atoms with Crippen LogP contribution in [0.4, 0.5) is 0 Å². The summed E-state index contributed by atoms with van der Waals surface area (Å²) < 4.78 is 0. The van der Waals surface area contributed by atoms with Crippen molar-refractivity contribution >= 4 is 11.8 Å². The summed E-state index contributed by atoms with van der Waals surface area (Å²) in [5.41, 5.74) is 1.46. The zero-order chi connectivity index (χ0) is 28.7. The fourth-order valence-electron chi connectivity index (χ4n) is 17.7. The third-order valence-corrected chi connectivity index (χ3v) is 20.7. The van der Waals surface area contributed by atoms with Crippen molar-refractivity contribution < 1.29 is 0 Å². The van der Waals surface area contributed by atoms with E-state index in [0.717, 1.165) is 110 Å². The van der Waals surface area contributed by atoms with Crippen LogP contribution in [0.5, 0.6) is 0 Å². The Balaban J connectivity index is 1.06. The fourth-order valence-corrected chi connectivity index (χ4v) is 19.3. The van der Waals surface area contributed by atoms with Crippen LogP contribution in [0.15, 0.2) is 0 Å². The fraction of sp³-hybridized carbons (Fsp3) is 1.00. The Hall–Kier alpha value is 0.350. The maximum atomic E-state index is 2.98. The molecule has 12 fully saturated rings. The van der Waals surface area contributed by atoms with Gasteiger partial charge in [-0.3, -0.25) is 0 Å². The van der Waals surface area contributed by atoms with Gasteiger partial charge in [-0.25, -0.2) is 0 Å². The third-order valence-electron chi connectivity index (χ3n) is 19.2. The van der Waals surface area contributed by atoms with Crippen LogP contribution in [0.3, 0.4) is 0 Å². The molecule has 10 unspecified atom stereocenters. The van der Waals surface area contributed by atoms with Gasteiger partial charge < -0.3 is 0 Å². The highest BCUT2D eigenvalue weighted by molar-refractivity contribution is 8.01. The van der Waals surface area contributed by atoms with Gasteiger partial charge in [0, 0.05) is 10.5 Å². The summed E-state index contributed by atoms with van der Waals surface area (Å²) in [6.07, 6.45) is 32.3. The van der Waals surface area contributed by atoms with Gasteiger partial charge in [0.2, 0.25) is 0 Å². The predicted molar refractivity (Wildman–Crippen MR) is 182 cm³/mol. The van der Waals surface area contributed by atoms with E-state index >= 15 is 0 Å². The Kier molecular flexibility index (Phi) is 6.71. The topological polar surface area (TPSA) is 0 Å². The molecule has 2 saturated heterocycles. The molecule has 10 saturated carbocycles. The van der Waals surface area contributed by atoms with Gasteiger partial charge >= 0.3 is 0 Å². The minimum absolute atomic E-state index is 0.728. The second kappa shape index (κ2) is 10.2. The largest absolute Gasteiger partial charge is 0.155 e. The Morgan fingerprint density at radius 3 is 1.91 bits per heavy atom. The van der Waals surface area contributed by atoms with E-state index in [1.54, 1.807) is 128 Å². The zero-order valence-electron chi connectivity index (χ0n) is 28.4. The van der Waals surface area contributed by atoms with E-state index in [4.69, 9.17) is 0 Å². The zero-order valence-corrected chi connectivity index (χ0v) is 29.2. The smallest absolute Gasteiger partial charge is 0.00631 e. The van der Waals surface area contributed by atoms with Crippen molar-refractivity contribution in [3.63, 3.8) is 0 Å². The van der Waals surface area contributed by atoms with Crippen molar-refractivity contribution in [2.75, 3.05) is 0 Å². The molecule has 0 aromatic rings. The van der Waals surface area contributed by atoms with Crippen LogP contribution in [0.1, 0.15) is 149 Å². The normalized spacial score (nSPS) is 58.5. The highest BCUT2D eigenvalue weighted by Gasteiger charge is 2.64. The van der Waals surface area contributed by atoms with Crippen LogP contribution in [-0.4, -0.2) is 10.5 Å². The molecule has 0 amide bonds. The Morgan fingerprint density at radius 2 is 1.30 bits per heavy atom. The van der Waals surface area contributed by atoms with Gasteiger partial charge in [-0.1, -0.05) is 27.2 Å². The van der Waals surface area contributed by atoms with Crippen LogP contribution in [0.25, 0.3) is 0 Å². The van der Waals surface area contributed by atoms with E-state index in [1.807, 2.05) is 0 Å². The van der Waals surface area contributed by atoms with Gasteiger partial charge in [-0.2, -0.15) is 11.8 Å². The first-order valence-electron chi connectivity index (χ1n) is 20.6. The molecule has 0 N–H and O–H groups in total. The van der Waals surface area contributed by atoms with E-state index in [2.05, 4.69) is 32.5 Å². The van der Waals surface area contributed by atoms with Crippen molar-refractivity contribution in [1.82, 2.24) is 0 Å². The van der Waals surface area contributed by atoms with Crippen LogP contribution < -0.4 is 0 Å². The van der Waals surface area contributed by atoms with Gasteiger partial charge in [0.05, 0.1) is 0 Å². The van der Waals surface area contributed by atoms with Crippen LogP contribution in [-0.2, 0) is 0 Å². The van der Waals surface area contributed by atoms with Crippen LogP contribution >= 0.6 is 11.8 Å². The van der Waals surface area contributed by atoms with Crippen molar-refractivity contribution in [2.24, 2.45) is 99.6 Å². The Labute approximate surface area is 270 Å². The van der Waals surface area contributed by atoms with E-state index in [-0.39, 0.29) is 0 Å². The predicted octanol–water partition coefficient (Wildman–Crippen LogP) is 11.7. The average molecular weight is 603 g/mol. The van der Waals surface area contributed by atoms with Gasteiger partial charge in [0.1, 0.15) is 0 Å². The molecule has 0 radical (unpaired) electrons. The first-order valence-corrected chi connectivity index (χ1v) is 21.5. The SMILES string of the molecule is C[C@@H](C(C1CC2CCC1C2)[C@@H]([C@@H](C)C1CC2CC(C1)S2)C12CCC(CC1)C2)C1CC2CCC1(C1C3CCC(C3)[C@@H]1C)CC2. The lowest BCUT2D eigenvalue weighted by atomic mass is 9.42. The summed E-state index contributed by atoms with van der Waals surface area (Å²) in [5.74, 6) is 16.1.